The lowest BCUT2D eigenvalue weighted by molar-refractivity contribution is -0.143. The van der Waals surface area contributed by atoms with Crippen molar-refractivity contribution in [2.45, 2.75) is 51.6 Å². The highest BCUT2D eigenvalue weighted by molar-refractivity contribution is 7.09. The van der Waals surface area contributed by atoms with E-state index in [0.717, 1.165) is 48.9 Å². The molecule has 0 amide bonds. The Morgan fingerprint density at radius 2 is 1.93 bits per heavy atom. The number of halogens is 3. The van der Waals surface area contributed by atoms with Gasteiger partial charge in [-0.2, -0.15) is 13.2 Å². The van der Waals surface area contributed by atoms with E-state index in [1.807, 2.05) is 0 Å². The Bertz CT molecular complexity index is 591. The third-order valence-corrected chi connectivity index (χ3v) is 4.51. The topological polar surface area (TPSA) is 75.6 Å². The highest BCUT2D eigenvalue weighted by Crippen LogP contribution is 2.29. The first-order valence-corrected chi connectivity index (χ1v) is 9.86. The minimum absolute atomic E-state index is 0.150. The molecule has 1 heterocycles. The number of unbranched alkanes of at least 4 members (excludes halogenated alkanes) is 3. The summed E-state index contributed by atoms with van der Waals surface area (Å²) in [6, 6.07) is 0. The molecule has 2 N–H and O–H groups in total. The largest absolute Gasteiger partial charge is 0.466 e. The van der Waals surface area contributed by atoms with E-state index in [-0.39, 0.29) is 5.97 Å². The smallest absolute Gasteiger partial charge is 0.434 e. The van der Waals surface area contributed by atoms with Gasteiger partial charge in [-0.15, -0.1) is 11.3 Å². The van der Waals surface area contributed by atoms with Gasteiger partial charge in [0.2, 0.25) is 0 Å². The average molecular weight is 408 g/mol. The second-order valence-electron chi connectivity index (χ2n) is 5.77. The highest BCUT2D eigenvalue weighted by atomic mass is 32.1. The van der Waals surface area contributed by atoms with Crippen LogP contribution in [0.15, 0.2) is 10.4 Å². The Morgan fingerprint density at radius 1 is 1.22 bits per heavy atom. The van der Waals surface area contributed by atoms with E-state index in [4.69, 9.17) is 4.74 Å². The first-order chi connectivity index (χ1) is 12.9. The lowest BCUT2D eigenvalue weighted by Crippen LogP contribution is -2.38. The summed E-state index contributed by atoms with van der Waals surface area (Å²) in [6.45, 7) is 3.39. The number of guanidine groups is 1. The fraction of sp³-hybridized carbons (Fsp3) is 0.706. The number of alkyl halides is 3. The van der Waals surface area contributed by atoms with Crippen LogP contribution in [-0.4, -0.2) is 43.7 Å². The molecule has 0 aromatic carbocycles. The third-order valence-electron chi connectivity index (χ3n) is 3.60. The molecule has 1 aromatic rings. The standard InChI is InChI=1S/C17H27F3N4O2S/c1-3-26-15(25)8-6-4-5-7-10-22-16(21-2)23-11-9-14-24-13(12-27-14)17(18,19)20/h12H,3-11H2,1-2H3,(H2,21,22,23). The normalized spacial score (nSPS) is 12.1. The average Bonchev–Trinajstić information content (AvgIpc) is 3.09. The van der Waals surface area contributed by atoms with E-state index in [0.29, 0.717) is 37.0 Å². The number of thiazole rings is 1. The molecular formula is C17H27F3N4O2S. The summed E-state index contributed by atoms with van der Waals surface area (Å²) in [6.07, 6.45) is 0.161. The van der Waals surface area contributed by atoms with Gasteiger partial charge in [-0.05, 0) is 19.8 Å². The van der Waals surface area contributed by atoms with Crippen molar-refractivity contribution in [2.75, 3.05) is 26.7 Å². The number of hydrogen-bond acceptors (Lipinski definition) is 5. The van der Waals surface area contributed by atoms with E-state index in [2.05, 4.69) is 20.6 Å². The molecule has 0 bridgehead atoms. The number of carbonyl (C=O) groups is 1. The summed E-state index contributed by atoms with van der Waals surface area (Å²) in [5, 5.41) is 7.68. The minimum atomic E-state index is -4.39. The lowest BCUT2D eigenvalue weighted by atomic mass is 10.1. The van der Waals surface area contributed by atoms with Crippen LogP contribution in [0.4, 0.5) is 13.2 Å². The monoisotopic (exact) mass is 408 g/mol. The van der Waals surface area contributed by atoms with Gasteiger partial charge >= 0.3 is 12.1 Å². The molecule has 0 fully saturated rings. The molecule has 0 saturated heterocycles. The molecule has 0 unspecified atom stereocenters. The SMILES string of the molecule is CCOC(=O)CCCCCCNC(=NC)NCCc1nc(C(F)(F)F)cs1. The van der Waals surface area contributed by atoms with Gasteiger partial charge in [0.15, 0.2) is 11.7 Å². The molecule has 0 spiro atoms. The van der Waals surface area contributed by atoms with Crippen LogP contribution < -0.4 is 10.6 Å². The predicted octanol–water partition coefficient (Wildman–Crippen LogP) is 3.38. The van der Waals surface area contributed by atoms with Crippen LogP contribution in [0.2, 0.25) is 0 Å². The van der Waals surface area contributed by atoms with E-state index in [1.165, 1.54) is 0 Å². The Kier molecular flexibility index (Phi) is 10.8. The number of nitrogens with one attached hydrogen (secondary N) is 2. The van der Waals surface area contributed by atoms with Crippen molar-refractivity contribution in [1.29, 1.82) is 0 Å². The van der Waals surface area contributed by atoms with Crippen LogP contribution in [0.1, 0.15) is 49.7 Å². The van der Waals surface area contributed by atoms with Gasteiger partial charge < -0.3 is 15.4 Å². The zero-order valence-corrected chi connectivity index (χ0v) is 16.5. The summed E-state index contributed by atoms with van der Waals surface area (Å²) >= 11 is 1.01. The number of esters is 1. The van der Waals surface area contributed by atoms with Crippen molar-refractivity contribution < 1.29 is 22.7 Å². The van der Waals surface area contributed by atoms with Gasteiger partial charge in [0.1, 0.15) is 0 Å². The van der Waals surface area contributed by atoms with E-state index in [1.54, 1.807) is 14.0 Å². The van der Waals surface area contributed by atoms with Crippen LogP contribution >= 0.6 is 11.3 Å². The van der Waals surface area contributed by atoms with E-state index in [9.17, 15) is 18.0 Å². The maximum Gasteiger partial charge on any atom is 0.434 e. The maximum atomic E-state index is 12.5. The number of aliphatic imine (C=N–C) groups is 1. The van der Waals surface area contributed by atoms with Gasteiger partial charge in [-0.1, -0.05) is 12.8 Å². The lowest BCUT2D eigenvalue weighted by Gasteiger charge is -2.11. The fourth-order valence-electron chi connectivity index (χ4n) is 2.25. The van der Waals surface area contributed by atoms with Gasteiger partial charge in [0, 0.05) is 38.4 Å². The maximum absolute atomic E-state index is 12.5. The van der Waals surface area contributed by atoms with Crippen LogP contribution in [0, 0.1) is 0 Å². The number of nitrogens with zero attached hydrogens (tertiary/aromatic N) is 2. The van der Waals surface area contributed by atoms with Crippen molar-refractivity contribution in [2.24, 2.45) is 4.99 Å². The second-order valence-corrected chi connectivity index (χ2v) is 6.71. The van der Waals surface area contributed by atoms with Gasteiger partial charge in [-0.3, -0.25) is 9.79 Å². The summed E-state index contributed by atoms with van der Waals surface area (Å²) in [5.74, 6) is 0.455. The number of carbonyl (C=O) groups excluding carboxylic acids is 1. The van der Waals surface area contributed by atoms with Crippen molar-refractivity contribution in [3.8, 4) is 0 Å². The van der Waals surface area contributed by atoms with Crippen molar-refractivity contribution in [1.82, 2.24) is 15.6 Å². The van der Waals surface area contributed by atoms with Gasteiger partial charge in [-0.25, -0.2) is 4.98 Å². The number of rotatable bonds is 11. The minimum Gasteiger partial charge on any atom is -0.466 e. The summed E-state index contributed by atoms with van der Waals surface area (Å²) in [5.41, 5.74) is -0.840. The van der Waals surface area contributed by atoms with Gasteiger partial charge in [0.05, 0.1) is 11.6 Å². The zero-order valence-electron chi connectivity index (χ0n) is 15.7. The van der Waals surface area contributed by atoms with E-state index >= 15 is 0 Å². The third kappa shape index (κ3) is 10.2. The van der Waals surface area contributed by atoms with Crippen LogP contribution in [-0.2, 0) is 22.1 Å². The molecule has 6 nitrogen and oxygen atoms in total. The molecule has 0 atom stereocenters. The van der Waals surface area contributed by atoms with Gasteiger partial charge in [0.25, 0.3) is 0 Å². The van der Waals surface area contributed by atoms with Crippen molar-refractivity contribution in [3.05, 3.63) is 16.1 Å². The predicted molar refractivity (Wildman–Crippen MR) is 99.9 cm³/mol. The highest BCUT2D eigenvalue weighted by Gasteiger charge is 2.33. The Balaban J connectivity index is 2.11. The molecule has 1 aromatic heterocycles. The van der Waals surface area contributed by atoms with E-state index < -0.39 is 11.9 Å². The zero-order chi connectivity index (χ0) is 20.1. The van der Waals surface area contributed by atoms with Crippen molar-refractivity contribution in [3.63, 3.8) is 0 Å². The van der Waals surface area contributed by atoms with Crippen LogP contribution in [0.25, 0.3) is 0 Å². The number of aromatic nitrogens is 1. The molecule has 154 valence electrons. The summed E-state index contributed by atoms with van der Waals surface area (Å²) in [4.78, 5) is 18.9. The first-order valence-electron chi connectivity index (χ1n) is 8.98. The first kappa shape index (κ1) is 23.2. The van der Waals surface area contributed by atoms with Crippen LogP contribution in [0.5, 0.6) is 0 Å². The van der Waals surface area contributed by atoms with Crippen LogP contribution in [0.3, 0.4) is 0 Å². The molecule has 0 aliphatic carbocycles. The number of hydrogen-bond donors (Lipinski definition) is 2. The quantitative estimate of drug-likeness (QED) is 0.254. The van der Waals surface area contributed by atoms with Crippen molar-refractivity contribution >= 4 is 23.3 Å². The molecule has 1 rings (SSSR count). The molecule has 27 heavy (non-hydrogen) atoms. The Labute approximate surface area is 161 Å². The molecule has 10 heteroatoms. The summed E-state index contributed by atoms with van der Waals surface area (Å²) < 4.78 is 42.4. The number of ether oxygens (including phenoxy) is 1. The molecule has 0 aliphatic heterocycles. The molecule has 0 radical (unpaired) electrons. The summed E-state index contributed by atoms with van der Waals surface area (Å²) in [7, 11) is 1.64. The fourth-order valence-corrected chi connectivity index (χ4v) is 3.06. The Morgan fingerprint density at radius 3 is 2.56 bits per heavy atom. The molecular weight excluding hydrogens is 381 g/mol. The molecule has 0 saturated carbocycles. The second kappa shape index (κ2) is 12.5. The Hall–Kier alpha value is -1.84. The molecule has 0 aliphatic rings.